The van der Waals surface area contributed by atoms with Crippen LogP contribution in [0.15, 0.2) is 6.20 Å². The van der Waals surface area contributed by atoms with E-state index in [4.69, 9.17) is 5.73 Å². The zero-order valence-corrected chi connectivity index (χ0v) is 6.22. The Kier molecular flexibility index (Phi) is 2.45. The van der Waals surface area contributed by atoms with Crippen molar-refractivity contribution in [2.75, 3.05) is 6.54 Å². The lowest BCUT2D eigenvalue weighted by molar-refractivity contribution is 0.828. The van der Waals surface area contributed by atoms with Crippen molar-refractivity contribution in [2.24, 2.45) is 5.73 Å². The highest BCUT2D eigenvalue weighted by Gasteiger charge is 1.97. The van der Waals surface area contributed by atoms with Crippen LogP contribution in [0.25, 0.3) is 0 Å². The van der Waals surface area contributed by atoms with E-state index < -0.39 is 0 Å². The average Bonchev–Trinajstić information content (AvgIpc) is 2.31. The van der Waals surface area contributed by atoms with Gasteiger partial charge >= 0.3 is 0 Å². The molecule has 1 heterocycles. The number of nitrogens with zero attached hydrogens (tertiary/aromatic N) is 1. The Morgan fingerprint density at radius 1 is 1.70 bits per heavy atom. The first-order chi connectivity index (χ1) is 4.84. The second kappa shape index (κ2) is 3.37. The quantitative estimate of drug-likeness (QED) is 0.644. The van der Waals surface area contributed by atoms with Gasteiger partial charge in [-0.3, -0.25) is 5.10 Å². The number of aromatic amines is 1. The van der Waals surface area contributed by atoms with Crippen LogP contribution in [0.4, 0.5) is 0 Å². The number of H-pyrrole nitrogens is 1. The molecule has 3 nitrogen and oxygen atoms in total. The topological polar surface area (TPSA) is 54.7 Å². The van der Waals surface area contributed by atoms with Gasteiger partial charge in [0.2, 0.25) is 0 Å². The van der Waals surface area contributed by atoms with Gasteiger partial charge in [0.1, 0.15) is 0 Å². The maximum absolute atomic E-state index is 5.36. The summed E-state index contributed by atoms with van der Waals surface area (Å²) in [6, 6.07) is 0. The molecule has 3 heteroatoms. The summed E-state index contributed by atoms with van der Waals surface area (Å²) in [7, 11) is 0. The van der Waals surface area contributed by atoms with Crippen molar-refractivity contribution in [3.8, 4) is 0 Å². The zero-order chi connectivity index (χ0) is 7.40. The first kappa shape index (κ1) is 7.28. The minimum Gasteiger partial charge on any atom is -0.330 e. The van der Waals surface area contributed by atoms with Gasteiger partial charge in [-0.2, -0.15) is 5.10 Å². The van der Waals surface area contributed by atoms with E-state index in [1.807, 2.05) is 13.1 Å². The first-order valence-electron chi connectivity index (χ1n) is 3.54. The Morgan fingerprint density at radius 3 is 3.00 bits per heavy atom. The summed E-state index contributed by atoms with van der Waals surface area (Å²) in [6.45, 7) is 2.76. The Morgan fingerprint density at radius 2 is 2.50 bits per heavy atom. The summed E-state index contributed by atoms with van der Waals surface area (Å²) < 4.78 is 0. The predicted molar refractivity (Wildman–Crippen MR) is 40.7 cm³/mol. The molecule has 0 spiro atoms. The summed E-state index contributed by atoms with van der Waals surface area (Å²) in [4.78, 5) is 0. The van der Waals surface area contributed by atoms with Gasteiger partial charge in [0.15, 0.2) is 0 Å². The molecule has 56 valence electrons. The van der Waals surface area contributed by atoms with Gasteiger partial charge in [0.25, 0.3) is 0 Å². The van der Waals surface area contributed by atoms with E-state index in [-0.39, 0.29) is 0 Å². The number of nitrogens with two attached hydrogens (primary N) is 1. The molecule has 10 heavy (non-hydrogen) atoms. The summed E-state index contributed by atoms with van der Waals surface area (Å²) >= 11 is 0. The van der Waals surface area contributed by atoms with E-state index in [2.05, 4.69) is 10.2 Å². The van der Waals surface area contributed by atoms with Gasteiger partial charge in [-0.25, -0.2) is 0 Å². The lowest BCUT2D eigenvalue weighted by Crippen LogP contribution is -2.00. The van der Waals surface area contributed by atoms with E-state index in [1.165, 1.54) is 5.56 Å². The number of hydrogen-bond donors (Lipinski definition) is 2. The Balaban J connectivity index is 2.49. The molecule has 0 aromatic carbocycles. The van der Waals surface area contributed by atoms with E-state index in [0.29, 0.717) is 0 Å². The van der Waals surface area contributed by atoms with Crippen LogP contribution in [0.3, 0.4) is 0 Å². The normalized spacial score (nSPS) is 10.2. The number of aromatic nitrogens is 2. The van der Waals surface area contributed by atoms with Crippen LogP contribution < -0.4 is 5.73 Å². The van der Waals surface area contributed by atoms with Gasteiger partial charge in [-0.1, -0.05) is 0 Å². The molecule has 0 saturated heterocycles. The smallest absolute Gasteiger partial charge is 0.0623 e. The van der Waals surface area contributed by atoms with Crippen molar-refractivity contribution < 1.29 is 0 Å². The highest BCUT2D eigenvalue weighted by atomic mass is 15.1. The molecule has 0 unspecified atom stereocenters. The molecule has 0 bridgehead atoms. The monoisotopic (exact) mass is 139 g/mol. The summed E-state index contributed by atoms with van der Waals surface area (Å²) in [5.41, 5.74) is 7.74. The minimum absolute atomic E-state index is 0.755. The Hall–Kier alpha value is -0.830. The maximum atomic E-state index is 5.36. The fourth-order valence-electron chi connectivity index (χ4n) is 0.929. The molecule has 0 aliphatic heterocycles. The third-order valence-electron chi connectivity index (χ3n) is 1.59. The van der Waals surface area contributed by atoms with Crippen LogP contribution >= 0.6 is 0 Å². The lowest BCUT2D eigenvalue weighted by Gasteiger charge is -1.93. The van der Waals surface area contributed by atoms with Gasteiger partial charge < -0.3 is 5.73 Å². The van der Waals surface area contributed by atoms with Crippen molar-refractivity contribution in [3.63, 3.8) is 0 Å². The lowest BCUT2D eigenvalue weighted by atomic mass is 10.1. The Labute approximate surface area is 60.6 Å². The van der Waals surface area contributed by atoms with Crippen LogP contribution in [0.2, 0.25) is 0 Å². The van der Waals surface area contributed by atoms with Crippen LogP contribution in [-0.4, -0.2) is 16.7 Å². The molecular weight excluding hydrogens is 126 g/mol. The van der Waals surface area contributed by atoms with Gasteiger partial charge in [0.05, 0.1) is 5.69 Å². The SMILES string of the molecule is Cc1n[nH]cc1CCCN. The van der Waals surface area contributed by atoms with Crippen molar-refractivity contribution in [1.29, 1.82) is 0 Å². The second-order valence-corrected chi connectivity index (χ2v) is 2.39. The van der Waals surface area contributed by atoms with Gasteiger partial charge in [0, 0.05) is 6.20 Å². The largest absolute Gasteiger partial charge is 0.330 e. The maximum Gasteiger partial charge on any atom is 0.0623 e. The summed E-state index contributed by atoms with van der Waals surface area (Å²) in [6.07, 6.45) is 4.02. The molecule has 0 amide bonds. The van der Waals surface area contributed by atoms with Crippen LogP contribution in [0.1, 0.15) is 17.7 Å². The van der Waals surface area contributed by atoms with Crippen molar-refractivity contribution in [1.82, 2.24) is 10.2 Å². The van der Waals surface area contributed by atoms with Crippen LogP contribution in [0.5, 0.6) is 0 Å². The van der Waals surface area contributed by atoms with Crippen LogP contribution in [0, 0.1) is 6.92 Å². The van der Waals surface area contributed by atoms with E-state index >= 15 is 0 Å². The zero-order valence-electron chi connectivity index (χ0n) is 6.22. The van der Waals surface area contributed by atoms with Crippen molar-refractivity contribution in [3.05, 3.63) is 17.5 Å². The molecule has 1 rings (SSSR count). The van der Waals surface area contributed by atoms with E-state index in [9.17, 15) is 0 Å². The number of nitrogens with one attached hydrogen (secondary N) is 1. The van der Waals surface area contributed by atoms with Crippen LogP contribution in [-0.2, 0) is 6.42 Å². The minimum atomic E-state index is 0.755. The molecule has 0 aliphatic carbocycles. The molecule has 0 radical (unpaired) electrons. The van der Waals surface area contributed by atoms with Crippen molar-refractivity contribution in [2.45, 2.75) is 19.8 Å². The molecule has 0 fully saturated rings. The summed E-state index contributed by atoms with van der Waals surface area (Å²) in [5.74, 6) is 0. The third-order valence-corrected chi connectivity index (χ3v) is 1.59. The van der Waals surface area contributed by atoms with Crippen molar-refractivity contribution >= 4 is 0 Å². The fourth-order valence-corrected chi connectivity index (χ4v) is 0.929. The molecule has 1 aromatic rings. The van der Waals surface area contributed by atoms with Gasteiger partial charge in [-0.05, 0) is 31.9 Å². The molecule has 3 N–H and O–H groups in total. The number of aryl methyl sites for hydroxylation is 2. The standard InChI is InChI=1S/C7H13N3/c1-6-7(3-2-4-8)5-9-10-6/h5H,2-4,8H2,1H3,(H,9,10). The predicted octanol–water partition coefficient (Wildman–Crippen LogP) is 0.609. The van der Waals surface area contributed by atoms with E-state index in [1.54, 1.807) is 0 Å². The molecular formula is C7H13N3. The second-order valence-electron chi connectivity index (χ2n) is 2.39. The number of rotatable bonds is 3. The molecule has 0 aliphatic rings. The first-order valence-corrected chi connectivity index (χ1v) is 3.54. The number of hydrogen-bond acceptors (Lipinski definition) is 2. The molecule has 0 atom stereocenters. The Bertz CT molecular complexity index is 192. The van der Waals surface area contributed by atoms with Gasteiger partial charge in [-0.15, -0.1) is 0 Å². The highest BCUT2D eigenvalue weighted by molar-refractivity contribution is 5.14. The third kappa shape index (κ3) is 1.57. The molecule has 0 saturated carbocycles. The molecule has 1 aromatic heterocycles. The summed E-state index contributed by atoms with van der Waals surface area (Å²) in [5, 5.41) is 6.82. The van der Waals surface area contributed by atoms with E-state index in [0.717, 1.165) is 25.1 Å². The highest BCUT2D eigenvalue weighted by Crippen LogP contribution is 2.04. The fraction of sp³-hybridized carbons (Fsp3) is 0.571. The average molecular weight is 139 g/mol.